The molecule has 0 radical (unpaired) electrons. The molecule has 0 N–H and O–H groups in total. The van der Waals surface area contributed by atoms with E-state index in [9.17, 15) is 4.79 Å². The molecule has 1 aromatic carbocycles. The third-order valence-corrected chi connectivity index (χ3v) is 4.93. The van der Waals surface area contributed by atoms with Gasteiger partial charge in [-0.3, -0.25) is 9.69 Å². The number of fused-ring (bicyclic) bond motifs is 3. The monoisotopic (exact) mass is 310 g/mol. The van der Waals surface area contributed by atoms with Crippen molar-refractivity contribution in [2.24, 2.45) is 0 Å². The summed E-state index contributed by atoms with van der Waals surface area (Å²) in [5.41, 5.74) is 3.36. The first-order valence-corrected chi connectivity index (χ1v) is 8.40. The largest absolute Gasteiger partial charge is 0.341 e. The Morgan fingerprint density at radius 1 is 1.13 bits per heavy atom. The van der Waals surface area contributed by atoms with E-state index in [0.717, 1.165) is 50.7 Å². The van der Waals surface area contributed by atoms with E-state index in [4.69, 9.17) is 0 Å². The zero-order valence-corrected chi connectivity index (χ0v) is 13.5. The Balaban J connectivity index is 1.62. The minimum Gasteiger partial charge on any atom is -0.341 e. The normalized spacial score (nSPS) is 17.2. The fourth-order valence-electron chi connectivity index (χ4n) is 3.71. The van der Waals surface area contributed by atoms with Crippen molar-refractivity contribution in [2.75, 3.05) is 24.5 Å². The maximum atomic E-state index is 12.5. The van der Waals surface area contributed by atoms with E-state index in [2.05, 4.69) is 50.5 Å². The molecule has 2 aliphatic rings. The van der Waals surface area contributed by atoms with Crippen LogP contribution in [-0.4, -0.2) is 34.1 Å². The molecule has 0 bridgehead atoms. The average molecular weight is 310 g/mol. The number of anilines is 1. The highest BCUT2D eigenvalue weighted by atomic mass is 16.1. The molecule has 0 unspecified atom stereocenters. The topological polar surface area (TPSA) is 41.4 Å². The molecule has 5 nitrogen and oxygen atoms in total. The quantitative estimate of drug-likeness (QED) is 0.864. The summed E-state index contributed by atoms with van der Waals surface area (Å²) in [5, 5.41) is 0. The van der Waals surface area contributed by atoms with Gasteiger partial charge in [-0.1, -0.05) is 30.3 Å². The van der Waals surface area contributed by atoms with Gasteiger partial charge in [0.1, 0.15) is 0 Å². The van der Waals surface area contributed by atoms with Crippen LogP contribution in [0, 0.1) is 0 Å². The van der Waals surface area contributed by atoms with Crippen LogP contribution in [0.15, 0.2) is 35.1 Å². The lowest BCUT2D eigenvalue weighted by Crippen LogP contribution is -2.37. The van der Waals surface area contributed by atoms with Gasteiger partial charge in [0.25, 0.3) is 5.56 Å². The van der Waals surface area contributed by atoms with Crippen LogP contribution in [0.4, 0.5) is 5.95 Å². The second-order valence-electron chi connectivity index (χ2n) is 6.32. The molecule has 0 spiro atoms. The Morgan fingerprint density at radius 2 is 1.96 bits per heavy atom. The Labute approximate surface area is 136 Å². The molecular formula is C18H22N4O. The summed E-state index contributed by atoms with van der Waals surface area (Å²) in [7, 11) is 0. The van der Waals surface area contributed by atoms with E-state index in [0.29, 0.717) is 6.54 Å². The van der Waals surface area contributed by atoms with Crippen molar-refractivity contribution < 1.29 is 0 Å². The van der Waals surface area contributed by atoms with Crippen LogP contribution in [0.3, 0.4) is 0 Å². The molecule has 2 aliphatic heterocycles. The lowest BCUT2D eigenvalue weighted by atomic mass is 10.1. The Kier molecular flexibility index (Phi) is 3.65. The molecule has 0 saturated carbocycles. The molecule has 0 atom stereocenters. The van der Waals surface area contributed by atoms with Gasteiger partial charge in [-0.2, -0.15) is 4.98 Å². The van der Waals surface area contributed by atoms with Crippen molar-refractivity contribution in [3.8, 4) is 0 Å². The first-order chi connectivity index (χ1) is 11.3. The van der Waals surface area contributed by atoms with E-state index in [-0.39, 0.29) is 5.56 Å². The number of hydrogen-bond acceptors (Lipinski definition) is 4. The standard InChI is InChI=1S/C18H22N4O/c1-2-21-10-11-22-16-8-9-20(12-14-6-4-3-5-7-14)13-15(16)17(23)19-18(21)22/h3-7H,2,8-13H2,1H3. The fraction of sp³-hybridized carbons (Fsp3) is 0.444. The van der Waals surface area contributed by atoms with Crippen molar-refractivity contribution in [3.63, 3.8) is 0 Å². The number of hydrogen-bond donors (Lipinski definition) is 0. The smallest absolute Gasteiger partial charge is 0.279 e. The molecule has 0 amide bonds. The van der Waals surface area contributed by atoms with Crippen molar-refractivity contribution in [3.05, 3.63) is 57.5 Å². The minimum absolute atomic E-state index is 0.0376. The van der Waals surface area contributed by atoms with Crippen LogP contribution >= 0.6 is 0 Å². The summed E-state index contributed by atoms with van der Waals surface area (Å²) in [4.78, 5) is 21.4. The SMILES string of the molecule is CCN1CCn2c1nc(=O)c1c2CCN(Cc2ccccc2)C1. The summed E-state index contributed by atoms with van der Waals surface area (Å²) in [6, 6.07) is 10.4. The Morgan fingerprint density at radius 3 is 2.74 bits per heavy atom. The van der Waals surface area contributed by atoms with E-state index >= 15 is 0 Å². The molecule has 0 fully saturated rings. The third-order valence-electron chi connectivity index (χ3n) is 4.93. The van der Waals surface area contributed by atoms with E-state index in [1.54, 1.807) is 0 Å². The van der Waals surface area contributed by atoms with E-state index < -0.39 is 0 Å². The lowest BCUT2D eigenvalue weighted by Gasteiger charge is -2.29. The van der Waals surface area contributed by atoms with Gasteiger partial charge in [0.2, 0.25) is 5.95 Å². The zero-order valence-electron chi connectivity index (χ0n) is 13.5. The maximum Gasteiger partial charge on any atom is 0.279 e. The van der Waals surface area contributed by atoms with Crippen LogP contribution in [0.2, 0.25) is 0 Å². The number of benzene rings is 1. The van der Waals surface area contributed by atoms with Gasteiger partial charge in [-0.05, 0) is 12.5 Å². The van der Waals surface area contributed by atoms with Crippen LogP contribution in [-0.2, 0) is 26.1 Å². The summed E-state index contributed by atoms with van der Waals surface area (Å²) in [5.74, 6) is 0.868. The Hall–Kier alpha value is -2.14. The van der Waals surface area contributed by atoms with Crippen LogP contribution in [0.25, 0.3) is 0 Å². The van der Waals surface area contributed by atoms with Crippen LogP contribution < -0.4 is 10.5 Å². The van der Waals surface area contributed by atoms with Gasteiger partial charge in [-0.15, -0.1) is 0 Å². The van der Waals surface area contributed by atoms with E-state index in [1.165, 1.54) is 11.3 Å². The first kappa shape index (κ1) is 14.5. The highest BCUT2D eigenvalue weighted by Crippen LogP contribution is 2.25. The van der Waals surface area contributed by atoms with Gasteiger partial charge >= 0.3 is 0 Å². The number of nitrogens with zero attached hydrogens (tertiary/aromatic N) is 4. The van der Waals surface area contributed by atoms with Crippen LogP contribution in [0.5, 0.6) is 0 Å². The van der Waals surface area contributed by atoms with E-state index in [1.807, 2.05) is 6.07 Å². The highest BCUT2D eigenvalue weighted by Gasteiger charge is 2.28. The predicted octanol–water partition coefficient (Wildman–Crippen LogP) is 1.64. The molecule has 0 aliphatic carbocycles. The highest BCUT2D eigenvalue weighted by molar-refractivity contribution is 5.40. The predicted molar refractivity (Wildman–Crippen MR) is 90.6 cm³/mol. The molecule has 4 rings (SSSR count). The van der Waals surface area contributed by atoms with Gasteiger partial charge in [0, 0.05) is 51.4 Å². The molecule has 3 heterocycles. The maximum absolute atomic E-state index is 12.5. The summed E-state index contributed by atoms with van der Waals surface area (Å²) >= 11 is 0. The summed E-state index contributed by atoms with van der Waals surface area (Å²) in [6.07, 6.45) is 0.935. The van der Waals surface area contributed by atoms with Gasteiger partial charge in [0.05, 0.1) is 5.56 Å². The molecule has 5 heteroatoms. The van der Waals surface area contributed by atoms with Gasteiger partial charge in [-0.25, -0.2) is 0 Å². The van der Waals surface area contributed by atoms with Gasteiger partial charge < -0.3 is 9.47 Å². The lowest BCUT2D eigenvalue weighted by molar-refractivity contribution is 0.239. The molecule has 1 aromatic heterocycles. The average Bonchev–Trinajstić information content (AvgIpc) is 2.99. The zero-order chi connectivity index (χ0) is 15.8. The number of rotatable bonds is 3. The summed E-state index contributed by atoms with van der Waals surface area (Å²) in [6.45, 7) is 7.54. The first-order valence-electron chi connectivity index (χ1n) is 8.40. The van der Waals surface area contributed by atoms with Crippen molar-refractivity contribution >= 4 is 5.95 Å². The second kappa shape index (κ2) is 5.81. The fourth-order valence-corrected chi connectivity index (χ4v) is 3.71. The second-order valence-corrected chi connectivity index (χ2v) is 6.32. The van der Waals surface area contributed by atoms with Crippen LogP contribution in [0.1, 0.15) is 23.7 Å². The molecule has 23 heavy (non-hydrogen) atoms. The molecular weight excluding hydrogens is 288 g/mol. The van der Waals surface area contributed by atoms with Gasteiger partial charge in [0.15, 0.2) is 0 Å². The van der Waals surface area contributed by atoms with Crippen molar-refractivity contribution in [2.45, 2.75) is 33.0 Å². The van der Waals surface area contributed by atoms with Crippen molar-refractivity contribution in [1.29, 1.82) is 0 Å². The minimum atomic E-state index is -0.0376. The number of aromatic nitrogens is 2. The summed E-state index contributed by atoms with van der Waals surface area (Å²) < 4.78 is 2.26. The molecule has 120 valence electrons. The Bertz CT molecular complexity index is 769. The molecule has 0 saturated heterocycles. The number of likely N-dealkylation sites (N-methyl/N-ethyl adjacent to an activating group) is 1. The van der Waals surface area contributed by atoms with Crippen molar-refractivity contribution in [1.82, 2.24) is 14.5 Å². The molecule has 2 aromatic rings. The third kappa shape index (κ3) is 2.55.